The average Bonchev–Trinajstić information content (AvgIpc) is 0.869. The molecule has 0 aliphatic rings. The van der Waals surface area contributed by atoms with E-state index < -0.39 is 0 Å². The molecule has 0 saturated heterocycles. The Hall–Kier alpha value is -15.2. The van der Waals surface area contributed by atoms with Gasteiger partial charge in [0.05, 0.1) is 35.3 Å². The first kappa shape index (κ1) is 87.7. The number of carbonyl (C=O) groups excluding carboxylic acids is 5. The standard InChI is InChI=1S/2C21H20N2O2.2C21H20N2O.C20H19N3O/c24-19-13-18(14-22-15-19)21(25)23-12-11-20(16-7-3-1-4-8-16)17-9-5-2-6-10-17;24-20-12-11-18(15-23-20)21(25)22-14-13-19(16-7-3-1-4-8-16)17-9-5-2-6-10-17;24-21(23-20-13-7-8-16-22-20)15-14-19(17-9-3-1-4-10-17)18-11-5-2-6-12-18;24-21(20-13-7-8-15-22-20)23-16-14-19(17-9-3-1-4-10-17)18-11-5-2-6-12-18;24-20(18-11-14-22-23-15-18)21-13-12-19(16-7-3-1-4-8-16)17-9-5-2-6-10-17/h1-10,13-15,20,24H,11-12H2,(H,23,25);1-12,15,19H,13-14H2,(H,22,25)(H,23,24);1-13,16,19H,14-15H2,(H,22,23,24);1-13,15,19H,14,16H2,(H,23,24);1-11,14-15,19H,12-13H2,(H,21,24). The number of rotatable bonds is 30. The van der Waals surface area contributed by atoms with Crippen molar-refractivity contribution in [2.24, 2.45) is 0 Å². The number of carbonyl (C=O) groups is 5. The van der Waals surface area contributed by atoms with E-state index in [1.54, 1.807) is 36.7 Å². The molecule has 5 aromatic heterocycles. The van der Waals surface area contributed by atoms with E-state index in [1.807, 2.05) is 176 Å². The molecular weight excluding hydrogens is 1520 g/mol. The van der Waals surface area contributed by atoms with Crippen molar-refractivity contribution in [3.8, 4) is 5.75 Å². The third-order valence-corrected chi connectivity index (χ3v) is 20.3. The molecule has 0 bridgehead atoms. The monoisotopic (exact) mass is 1610 g/mol. The van der Waals surface area contributed by atoms with Gasteiger partial charge in [0.15, 0.2) is 0 Å². The van der Waals surface area contributed by atoms with Crippen molar-refractivity contribution in [3.63, 3.8) is 0 Å². The number of hydrogen-bond acceptors (Lipinski definition) is 12. The molecule has 15 aromatic rings. The summed E-state index contributed by atoms with van der Waals surface area (Å²) in [5, 5.41) is 31.5. The van der Waals surface area contributed by atoms with Gasteiger partial charge in [-0.15, -0.1) is 0 Å². The summed E-state index contributed by atoms with van der Waals surface area (Å²) in [7, 11) is 0. The number of aromatic hydroxyl groups is 1. The number of amides is 5. The van der Waals surface area contributed by atoms with Gasteiger partial charge in [0.1, 0.15) is 17.3 Å². The first-order valence-corrected chi connectivity index (χ1v) is 40.8. The molecular formula is C104H99N11O7. The molecule has 5 amide bonds. The highest BCUT2D eigenvalue weighted by molar-refractivity contribution is 5.95. The summed E-state index contributed by atoms with van der Waals surface area (Å²) in [6, 6.07) is 120. The average molecular weight is 1620 g/mol. The van der Waals surface area contributed by atoms with Crippen LogP contribution in [0.15, 0.2) is 412 Å². The topological polar surface area (TPSA) is 263 Å². The molecule has 5 heterocycles. The number of hydrogen-bond donors (Lipinski definition) is 7. The van der Waals surface area contributed by atoms with Crippen LogP contribution in [0.2, 0.25) is 0 Å². The van der Waals surface area contributed by atoms with Crippen molar-refractivity contribution in [1.29, 1.82) is 0 Å². The van der Waals surface area contributed by atoms with E-state index in [0.29, 0.717) is 60.8 Å². The molecule has 0 saturated carbocycles. The van der Waals surface area contributed by atoms with Crippen LogP contribution in [0.1, 0.15) is 165 Å². The molecule has 0 aliphatic heterocycles. The second-order valence-electron chi connectivity index (χ2n) is 28.6. The Morgan fingerprint density at radius 3 is 0.943 bits per heavy atom. The second kappa shape index (κ2) is 49.1. The van der Waals surface area contributed by atoms with E-state index in [0.717, 1.165) is 32.1 Å². The lowest BCUT2D eigenvalue weighted by Gasteiger charge is -2.18. The Bertz CT molecular complexity index is 5250. The van der Waals surface area contributed by atoms with Gasteiger partial charge in [0, 0.05) is 93.0 Å². The lowest BCUT2D eigenvalue weighted by Crippen LogP contribution is -2.26. The molecule has 0 spiro atoms. The zero-order valence-electron chi connectivity index (χ0n) is 67.8. The minimum absolute atomic E-state index is 0.00874. The van der Waals surface area contributed by atoms with Gasteiger partial charge < -0.3 is 36.7 Å². The molecule has 612 valence electrons. The number of nitrogens with zero attached hydrogens (tertiary/aromatic N) is 5. The van der Waals surface area contributed by atoms with E-state index in [2.05, 4.69) is 202 Å². The van der Waals surface area contributed by atoms with Gasteiger partial charge in [-0.3, -0.25) is 38.7 Å². The van der Waals surface area contributed by atoms with Crippen LogP contribution in [0.5, 0.6) is 5.75 Å². The third kappa shape index (κ3) is 28.9. The summed E-state index contributed by atoms with van der Waals surface area (Å²) < 4.78 is 0. The molecule has 0 aliphatic carbocycles. The second-order valence-corrected chi connectivity index (χ2v) is 28.6. The van der Waals surface area contributed by atoms with Crippen LogP contribution < -0.4 is 32.1 Å². The van der Waals surface area contributed by atoms with E-state index in [9.17, 15) is 33.9 Å². The summed E-state index contributed by atoms with van der Waals surface area (Å²) in [4.78, 5) is 86.5. The molecule has 0 fully saturated rings. The van der Waals surface area contributed by atoms with Crippen molar-refractivity contribution in [1.82, 2.24) is 51.4 Å². The van der Waals surface area contributed by atoms with Crippen molar-refractivity contribution >= 4 is 35.4 Å². The quantitative estimate of drug-likeness (QED) is 0.0222. The SMILES string of the molecule is O=C(CCC(c1ccccc1)c1ccccc1)Nc1ccccn1.O=C(NCCC(c1ccccc1)c1ccccc1)c1ccc(=O)[nH]c1.O=C(NCCC(c1ccccc1)c1ccccc1)c1ccccn1.O=C(NCCC(c1ccccc1)c1ccccc1)c1ccnnc1.O=C(NCCC(c1ccccc1)c1ccccc1)c1cncc(O)c1. The third-order valence-electron chi connectivity index (χ3n) is 20.3. The number of H-pyrrole nitrogens is 1. The Kier molecular flexibility index (Phi) is 35.3. The lowest BCUT2D eigenvalue weighted by atomic mass is 9.87. The van der Waals surface area contributed by atoms with Crippen LogP contribution in [0, 0.1) is 0 Å². The Morgan fingerprint density at radius 2 is 0.631 bits per heavy atom. The number of pyridine rings is 4. The maximum Gasteiger partial charge on any atom is 0.269 e. The van der Waals surface area contributed by atoms with Gasteiger partial charge in [-0.1, -0.05) is 315 Å². The molecule has 0 unspecified atom stereocenters. The lowest BCUT2D eigenvalue weighted by molar-refractivity contribution is -0.116. The van der Waals surface area contributed by atoms with Crippen molar-refractivity contribution in [3.05, 3.63) is 496 Å². The van der Waals surface area contributed by atoms with Crippen molar-refractivity contribution < 1.29 is 29.1 Å². The van der Waals surface area contributed by atoms with Crippen molar-refractivity contribution in [2.75, 3.05) is 31.5 Å². The fourth-order valence-electron chi connectivity index (χ4n) is 14.1. The van der Waals surface area contributed by atoms with Gasteiger partial charge >= 0.3 is 0 Å². The molecule has 0 atom stereocenters. The first-order valence-electron chi connectivity index (χ1n) is 40.8. The molecule has 0 radical (unpaired) electrons. The van der Waals surface area contributed by atoms with E-state index >= 15 is 0 Å². The van der Waals surface area contributed by atoms with Crippen molar-refractivity contribution in [2.45, 2.75) is 68.1 Å². The minimum Gasteiger partial charge on any atom is -0.506 e. The highest BCUT2D eigenvalue weighted by Gasteiger charge is 2.21. The van der Waals surface area contributed by atoms with Crippen LogP contribution in [0.25, 0.3) is 0 Å². The summed E-state index contributed by atoms with van der Waals surface area (Å²) in [6.45, 7) is 2.27. The zero-order chi connectivity index (χ0) is 84.8. The molecule has 7 N–H and O–H groups in total. The summed E-state index contributed by atoms with van der Waals surface area (Å²) in [6.07, 6.45) is 14.9. The van der Waals surface area contributed by atoms with Crippen LogP contribution in [0.3, 0.4) is 0 Å². The Labute approximate surface area is 712 Å². The predicted molar refractivity (Wildman–Crippen MR) is 483 cm³/mol. The van der Waals surface area contributed by atoms with Crippen LogP contribution in [0.4, 0.5) is 5.82 Å². The molecule has 15 rings (SSSR count). The predicted octanol–water partition coefficient (Wildman–Crippen LogP) is 19.2. The number of aromatic amines is 1. The van der Waals surface area contributed by atoms with Gasteiger partial charge in [-0.05, 0) is 130 Å². The minimum atomic E-state index is -0.233. The normalized spacial score (nSPS) is 10.6. The molecule has 18 nitrogen and oxygen atoms in total. The highest BCUT2D eigenvalue weighted by Crippen LogP contribution is 2.33. The maximum absolute atomic E-state index is 12.2. The Balaban J connectivity index is 0.000000149. The number of anilines is 1. The zero-order valence-corrected chi connectivity index (χ0v) is 67.8. The number of aromatic nitrogens is 6. The fourth-order valence-corrected chi connectivity index (χ4v) is 14.1. The summed E-state index contributed by atoms with van der Waals surface area (Å²) >= 11 is 0. The van der Waals surface area contributed by atoms with E-state index in [1.165, 1.54) is 105 Å². The van der Waals surface area contributed by atoms with Crippen LogP contribution in [-0.2, 0) is 4.79 Å². The Morgan fingerprint density at radius 1 is 0.303 bits per heavy atom. The van der Waals surface area contributed by atoms with E-state index in [4.69, 9.17) is 0 Å². The molecule has 10 aromatic carbocycles. The summed E-state index contributed by atoms with van der Waals surface area (Å²) in [5.74, 6) is 1.06. The smallest absolute Gasteiger partial charge is 0.269 e. The van der Waals surface area contributed by atoms with E-state index in [-0.39, 0.29) is 70.4 Å². The van der Waals surface area contributed by atoms with Gasteiger partial charge in [0.2, 0.25) is 11.5 Å². The van der Waals surface area contributed by atoms with Gasteiger partial charge in [0.25, 0.3) is 23.6 Å². The van der Waals surface area contributed by atoms with Gasteiger partial charge in [-0.2, -0.15) is 10.2 Å². The largest absolute Gasteiger partial charge is 0.506 e. The fraction of sp³-hybridized carbons (Fsp3) is 0.144. The summed E-state index contributed by atoms with van der Waals surface area (Å²) in [5.41, 5.74) is 14.0. The molecule has 122 heavy (non-hydrogen) atoms. The molecule has 18 heteroatoms. The highest BCUT2D eigenvalue weighted by atomic mass is 16.3. The van der Waals surface area contributed by atoms with Gasteiger partial charge in [-0.25, -0.2) is 4.98 Å². The maximum atomic E-state index is 12.2. The van der Waals surface area contributed by atoms with Crippen LogP contribution in [-0.4, -0.2) is 91.0 Å². The first-order chi connectivity index (χ1) is 60.0. The van der Waals surface area contributed by atoms with Crippen LogP contribution >= 0.6 is 0 Å². The number of nitrogens with one attached hydrogen (secondary N) is 6. The number of benzene rings is 10.